The molecule has 21 heavy (non-hydrogen) atoms. The maximum Gasteiger partial charge on any atom is 0.339 e. The molecule has 1 aromatic carbocycles. The molecule has 2 aromatic heterocycles. The van der Waals surface area contributed by atoms with Gasteiger partial charge >= 0.3 is 5.97 Å². The van der Waals surface area contributed by atoms with Crippen LogP contribution in [-0.4, -0.2) is 25.4 Å². The minimum atomic E-state index is -0.956. The molecule has 108 valence electrons. The Balaban J connectivity index is 2.47. The molecule has 5 heteroatoms. The Bertz CT molecular complexity index is 871. The average molecular weight is 283 g/mol. The van der Waals surface area contributed by atoms with E-state index in [0.29, 0.717) is 5.69 Å². The number of carbonyl (C=O) groups is 1. The van der Waals surface area contributed by atoms with Crippen LogP contribution in [0.2, 0.25) is 0 Å². The summed E-state index contributed by atoms with van der Waals surface area (Å²) in [6.07, 6.45) is 1.41. The van der Waals surface area contributed by atoms with Crippen LogP contribution < -0.4 is 0 Å². The third kappa shape index (κ3) is 1.77. The van der Waals surface area contributed by atoms with E-state index in [0.717, 1.165) is 22.2 Å². The normalized spacial score (nSPS) is 11.2. The molecule has 0 spiro atoms. The first-order valence-electron chi connectivity index (χ1n) is 6.73. The lowest BCUT2D eigenvalue weighted by Crippen LogP contribution is -2.02. The number of para-hydroxylation sites is 1. The molecule has 0 aliphatic heterocycles. The molecule has 0 aliphatic rings. The molecule has 3 rings (SSSR count). The molecule has 0 atom stereocenters. The summed E-state index contributed by atoms with van der Waals surface area (Å²) in [6, 6.07) is 6.09. The average Bonchev–Trinajstić information content (AvgIpc) is 2.91. The number of carboxylic acids is 1. The van der Waals surface area contributed by atoms with E-state index in [-0.39, 0.29) is 5.56 Å². The lowest BCUT2D eigenvalue weighted by Gasteiger charge is -2.05. The van der Waals surface area contributed by atoms with E-state index in [1.165, 1.54) is 11.8 Å². The summed E-state index contributed by atoms with van der Waals surface area (Å²) in [7, 11) is 3.78. The third-order valence-corrected chi connectivity index (χ3v) is 4.11. The molecule has 0 fully saturated rings. The quantitative estimate of drug-likeness (QED) is 0.786. The van der Waals surface area contributed by atoms with Crippen LogP contribution >= 0.6 is 0 Å². The summed E-state index contributed by atoms with van der Waals surface area (Å²) in [5, 5.41) is 14.6. The number of aromatic carboxylic acids is 1. The molecule has 0 radical (unpaired) electrons. The Hall–Kier alpha value is -2.56. The van der Waals surface area contributed by atoms with E-state index in [1.807, 2.05) is 26.1 Å². The minimum absolute atomic E-state index is 0.231. The first kappa shape index (κ1) is 13.4. The first-order valence-corrected chi connectivity index (χ1v) is 6.73. The van der Waals surface area contributed by atoms with E-state index >= 15 is 0 Å². The fraction of sp³-hybridized carbons (Fsp3) is 0.250. The number of nitrogens with zero attached hydrogens (tertiary/aromatic N) is 3. The Morgan fingerprint density at radius 2 is 1.95 bits per heavy atom. The zero-order chi connectivity index (χ0) is 15.3. The number of hydrogen-bond donors (Lipinski definition) is 1. The molecular weight excluding hydrogens is 266 g/mol. The van der Waals surface area contributed by atoms with Crippen LogP contribution in [0.1, 0.15) is 21.6 Å². The van der Waals surface area contributed by atoms with Gasteiger partial charge in [-0.25, -0.2) is 4.79 Å². The lowest BCUT2D eigenvalue weighted by molar-refractivity contribution is 0.0697. The third-order valence-electron chi connectivity index (χ3n) is 4.11. The predicted octanol–water partition coefficient (Wildman–Crippen LogP) is 2.89. The number of hydrogen-bond acceptors (Lipinski definition) is 2. The van der Waals surface area contributed by atoms with Crippen LogP contribution in [0.15, 0.2) is 24.4 Å². The molecule has 0 aliphatic carbocycles. The van der Waals surface area contributed by atoms with Crippen molar-refractivity contribution in [3.8, 4) is 11.3 Å². The maximum atomic E-state index is 11.5. The first-order chi connectivity index (χ1) is 9.93. The number of benzene rings is 1. The van der Waals surface area contributed by atoms with Crippen molar-refractivity contribution < 1.29 is 9.90 Å². The minimum Gasteiger partial charge on any atom is -0.478 e. The fourth-order valence-electron chi connectivity index (χ4n) is 3.03. The second-order valence-corrected chi connectivity index (χ2v) is 5.33. The van der Waals surface area contributed by atoms with Crippen molar-refractivity contribution >= 4 is 16.9 Å². The molecule has 0 amide bonds. The van der Waals surface area contributed by atoms with Crippen molar-refractivity contribution in [1.82, 2.24) is 14.3 Å². The predicted molar refractivity (Wildman–Crippen MR) is 81.6 cm³/mol. The van der Waals surface area contributed by atoms with Gasteiger partial charge in [0, 0.05) is 30.7 Å². The molecule has 5 nitrogen and oxygen atoms in total. The molecule has 0 saturated heterocycles. The molecule has 0 saturated carbocycles. The van der Waals surface area contributed by atoms with E-state index in [2.05, 4.69) is 22.7 Å². The number of rotatable bonds is 2. The number of fused-ring (bicyclic) bond motifs is 1. The van der Waals surface area contributed by atoms with Crippen molar-refractivity contribution in [3.63, 3.8) is 0 Å². The van der Waals surface area contributed by atoms with Crippen molar-refractivity contribution in [1.29, 1.82) is 0 Å². The highest BCUT2D eigenvalue weighted by Gasteiger charge is 2.23. The SMILES string of the molecule is Cc1cccc2c(-c3c(C(=O)O)cnn3C)c(C)n(C)c12. The van der Waals surface area contributed by atoms with Crippen LogP contribution in [0.4, 0.5) is 0 Å². The Kier molecular flexibility index (Phi) is 2.86. The summed E-state index contributed by atoms with van der Waals surface area (Å²) in [4.78, 5) is 11.5. The second kappa shape index (κ2) is 4.48. The van der Waals surface area contributed by atoms with E-state index in [9.17, 15) is 9.90 Å². The standard InChI is InChI=1S/C16H17N3O2/c1-9-6-5-7-11-13(10(2)18(3)14(9)11)15-12(16(20)21)8-17-19(15)4/h5-8H,1-4H3,(H,20,21). The molecule has 1 N–H and O–H groups in total. The highest BCUT2D eigenvalue weighted by atomic mass is 16.4. The van der Waals surface area contributed by atoms with Crippen LogP contribution in [0.25, 0.3) is 22.2 Å². The van der Waals surface area contributed by atoms with E-state index in [1.54, 1.807) is 11.7 Å². The summed E-state index contributed by atoms with van der Waals surface area (Å²) in [5.41, 5.74) is 5.15. The largest absolute Gasteiger partial charge is 0.478 e. The van der Waals surface area contributed by atoms with Crippen LogP contribution in [-0.2, 0) is 14.1 Å². The fourth-order valence-corrected chi connectivity index (χ4v) is 3.03. The van der Waals surface area contributed by atoms with Crippen molar-refractivity contribution in [2.75, 3.05) is 0 Å². The van der Waals surface area contributed by atoms with Crippen LogP contribution in [0, 0.1) is 13.8 Å². The van der Waals surface area contributed by atoms with Gasteiger partial charge in [-0.1, -0.05) is 18.2 Å². The highest BCUT2D eigenvalue weighted by molar-refractivity contribution is 6.04. The van der Waals surface area contributed by atoms with Gasteiger partial charge in [-0.2, -0.15) is 5.10 Å². The number of carboxylic acid groups (broad SMARTS) is 1. The number of aromatic nitrogens is 3. The molecule has 0 unspecified atom stereocenters. The van der Waals surface area contributed by atoms with Crippen molar-refractivity contribution in [2.24, 2.45) is 14.1 Å². The van der Waals surface area contributed by atoms with Gasteiger partial charge in [0.25, 0.3) is 0 Å². The maximum absolute atomic E-state index is 11.5. The van der Waals surface area contributed by atoms with Gasteiger partial charge in [0.1, 0.15) is 5.56 Å². The molecule has 3 aromatic rings. The summed E-state index contributed by atoms with van der Waals surface area (Å²) in [5.74, 6) is -0.956. The molecule has 0 bridgehead atoms. The van der Waals surface area contributed by atoms with Gasteiger partial charge in [-0.05, 0) is 19.4 Å². The van der Waals surface area contributed by atoms with Gasteiger partial charge in [-0.15, -0.1) is 0 Å². The highest BCUT2D eigenvalue weighted by Crippen LogP contribution is 2.36. The molecule has 2 heterocycles. The smallest absolute Gasteiger partial charge is 0.339 e. The Morgan fingerprint density at radius 3 is 2.62 bits per heavy atom. The lowest BCUT2D eigenvalue weighted by atomic mass is 10.0. The summed E-state index contributed by atoms with van der Waals surface area (Å²) in [6.45, 7) is 4.07. The monoisotopic (exact) mass is 283 g/mol. The van der Waals surface area contributed by atoms with E-state index in [4.69, 9.17) is 0 Å². The van der Waals surface area contributed by atoms with Gasteiger partial charge in [0.05, 0.1) is 17.4 Å². The topological polar surface area (TPSA) is 60.0 Å². The van der Waals surface area contributed by atoms with Crippen molar-refractivity contribution in [3.05, 3.63) is 41.2 Å². The number of aryl methyl sites for hydroxylation is 3. The Morgan fingerprint density at radius 1 is 1.24 bits per heavy atom. The zero-order valence-electron chi connectivity index (χ0n) is 12.5. The summed E-state index contributed by atoms with van der Waals surface area (Å²) < 4.78 is 3.74. The van der Waals surface area contributed by atoms with Crippen LogP contribution in [0.3, 0.4) is 0 Å². The van der Waals surface area contributed by atoms with Gasteiger partial charge < -0.3 is 9.67 Å². The Labute approximate surface area is 122 Å². The van der Waals surface area contributed by atoms with Gasteiger partial charge in [0.15, 0.2) is 0 Å². The second-order valence-electron chi connectivity index (χ2n) is 5.33. The van der Waals surface area contributed by atoms with Gasteiger partial charge in [0.2, 0.25) is 0 Å². The molecular formula is C16H17N3O2. The van der Waals surface area contributed by atoms with Gasteiger partial charge in [-0.3, -0.25) is 4.68 Å². The zero-order valence-corrected chi connectivity index (χ0v) is 12.5. The van der Waals surface area contributed by atoms with Crippen LogP contribution in [0.5, 0.6) is 0 Å². The van der Waals surface area contributed by atoms with Crippen molar-refractivity contribution in [2.45, 2.75) is 13.8 Å². The summed E-state index contributed by atoms with van der Waals surface area (Å²) >= 11 is 0. The van der Waals surface area contributed by atoms with E-state index < -0.39 is 5.97 Å².